The van der Waals surface area contributed by atoms with E-state index in [1.54, 1.807) is 0 Å². The van der Waals surface area contributed by atoms with Gasteiger partial charge in [0.1, 0.15) is 5.82 Å². The van der Waals surface area contributed by atoms with Gasteiger partial charge in [-0.05, 0) is 55.8 Å². The van der Waals surface area contributed by atoms with E-state index in [0.717, 1.165) is 43.0 Å². The second kappa shape index (κ2) is 7.12. The maximum atomic E-state index is 10.4. The van der Waals surface area contributed by atoms with Crippen molar-refractivity contribution in [1.29, 1.82) is 0 Å². The van der Waals surface area contributed by atoms with Gasteiger partial charge in [0.15, 0.2) is 5.65 Å². The molecule has 1 aliphatic heterocycles. The number of nitrogens with zero attached hydrogens (tertiary/aromatic N) is 4. The monoisotopic (exact) mass is 356 g/mol. The van der Waals surface area contributed by atoms with E-state index < -0.39 is 6.10 Å². The zero-order chi connectivity index (χ0) is 17.2. The van der Waals surface area contributed by atoms with Gasteiger partial charge in [0.05, 0.1) is 6.10 Å². The summed E-state index contributed by atoms with van der Waals surface area (Å²) in [5.74, 6) is 1.47. The van der Waals surface area contributed by atoms with Crippen molar-refractivity contribution in [2.45, 2.75) is 24.9 Å². The lowest BCUT2D eigenvalue weighted by molar-refractivity contribution is 0.0965. The van der Waals surface area contributed by atoms with Gasteiger partial charge < -0.3 is 10.0 Å². The van der Waals surface area contributed by atoms with Crippen LogP contribution in [0.5, 0.6) is 0 Å². The molecule has 25 heavy (non-hydrogen) atoms. The molecule has 1 N–H and O–H groups in total. The van der Waals surface area contributed by atoms with Gasteiger partial charge in [-0.1, -0.05) is 29.8 Å². The molecule has 130 valence electrons. The summed E-state index contributed by atoms with van der Waals surface area (Å²) in [6.07, 6.45) is 3.61. The van der Waals surface area contributed by atoms with Crippen molar-refractivity contribution in [1.82, 2.24) is 19.5 Å². The van der Waals surface area contributed by atoms with Crippen LogP contribution in [0.2, 0.25) is 5.02 Å². The summed E-state index contributed by atoms with van der Waals surface area (Å²) in [5.41, 5.74) is 1.81. The zero-order valence-corrected chi connectivity index (χ0v) is 14.7. The Morgan fingerprint density at radius 3 is 2.60 bits per heavy atom. The maximum Gasteiger partial charge on any atom is 0.160 e. The summed E-state index contributed by atoms with van der Waals surface area (Å²) in [7, 11) is 0. The van der Waals surface area contributed by atoms with Gasteiger partial charge in [-0.25, -0.2) is 0 Å². The quantitative estimate of drug-likeness (QED) is 0.779. The maximum absolute atomic E-state index is 10.4. The van der Waals surface area contributed by atoms with Crippen LogP contribution in [-0.4, -0.2) is 44.2 Å². The van der Waals surface area contributed by atoms with Gasteiger partial charge >= 0.3 is 0 Å². The number of likely N-dealkylation sites (tertiary alicyclic amines) is 1. The second-order valence-electron chi connectivity index (χ2n) is 6.63. The highest BCUT2D eigenvalue weighted by Gasteiger charge is 2.25. The van der Waals surface area contributed by atoms with E-state index >= 15 is 0 Å². The molecule has 0 spiro atoms. The molecule has 1 aliphatic rings. The Morgan fingerprint density at radius 1 is 1.08 bits per heavy atom. The van der Waals surface area contributed by atoms with Gasteiger partial charge in [-0.2, -0.15) is 0 Å². The van der Waals surface area contributed by atoms with Crippen molar-refractivity contribution in [2.24, 2.45) is 0 Å². The summed E-state index contributed by atoms with van der Waals surface area (Å²) in [4.78, 5) is 2.32. The van der Waals surface area contributed by atoms with Crippen LogP contribution in [0.4, 0.5) is 0 Å². The fourth-order valence-corrected chi connectivity index (χ4v) is 3.67. The van der Waals surface area contributed by atoms with E-state index in [9.17, 15) is 5.11 Å². The molecule has 0 saturated carbocycles. The molecule has 3 aromatic rings. The molecule has 2 aromatic heterocycles. The van der Waals surface area contributed by atoms with Crippen LogP contribution >= 0.6 is 11.6 Å². The van der Waals surface area contributed by atoms with E-state index in [1.807, 2.05) is 48.7 Å². The van der Waals surface area contributed by atoms with Crippen LogP contribution < -0.4 is 0 Å². The predicted molar refractivity (Wildman–Crippen MR) is 97.8 cm³/mol. The first-order valence-corrected chi connectivity index (χ1v) is 9.04. The van der Waals surface area contributed by atoms with Crippen LogP contribution in [0.1, 0.15) is 36.3 Å². The Labute approximate surface area is 151 Å². The van der Waals surface area contributed by atoms with Crippen molar-refractivity contribution in [3.05, 3.63) is 65.1 Å². The first kappa shape index (κ1) is 16.5. The number of hydrogen-bond acceptors (Lipinski definition) is 4. The first-order chi connectivity index (χ1) is 12.2. The predicted octanol–water partition coefficient (Wildman–Crippen LogP) is 3.30. The Kier molecular flexibility index (Phi) is 4.70. The third-order valence-electron chi connectivity index (χ3n) is 4.98. The van der Waals surface area contributed by atoms with Crippen molar-refractivity contribution in [2.75, 3.05) is 19.6 Å². The molecule has 5 nitrogen and oxygen atoms in total. The number of piperidine rings is 1. The van der Waals surface area contributed by atoms with E-state index in [0.29, 0.717) is 17.5 Å². The Balaban J connectivity index is 1.37. The highest BCUT2D eigenvalue weighted by Crippen LogP contribution is 2.28. The molecular weight excluding hydrogens is 336 g/mol. The van der Waals surface area contributed by atoms with Crippen LogP contribution in [0.15, 0.2) is 48.7 Å². The Bertz CT molecular complexity index is 840. The topological polar surface area (TPSA) is 53.7 Å². The second-order valence-corrected chi connectivity index (χ2v) is 7.07. The van der Waals surface area contributed by atoms with Crippen LogP contribution in [-0.2, 0) is 0 Å². The van der Waals surface area contributed by atoms with Crippen LogP contribution in [0.25, 0.3) is 5.65 Å². The van der Waals surface area contributed by atoms with Gasteiger partial charge in [-0.3, -0.25) is 4.40 Å². The molecule has 1 fully saturated rings. The molecule has 1 atom stereocenters. The van der Waals surface area contributed by atoms with E-state index in [2.05, 4.69) is 19.5 Å². The molecule has 4 rings (SSSR count). The molecule has 0 amide bonds. The lowest BCUT2D eigenvalue weighted by Crippen LogP contribution is -2.36. The van der Waals surface area contributed by atoms with Gasteiger partial charge in [0, 0.05) is 23.7 Å². The largest absolute Gasteiger partial charge is 0.387 e. The number of β-amino-alcohol motifs (C(OH)–C–C–N with tert-alkyl or cyclic N) is 1. The fraction of sp³-hybridized carbons (Fsp3) is 0.368. The Morgan fingerprint density at radius 2 is 1.84 bits per heavy atom. The van der Waals surface area contributed by atoms with Crippen molar-refractivity contribution >= 4 is 17.2 Å². The zero-order valence-electron chi connectivity index (χ0n) is 13.9. The van der Waals surface area contributed by atoms with Gasteiger partial charge in [0.2, 0.25) is 0 Å². The highest BCUT2D eigenvalue weighted by atomic mass is 35.5. The van der Waals surface area contributed by atoms with Gasteiger partial charge in [0.25, 0.3) is 0 Å². The molecule has 0 radical (unpaired) electrons. The number of aromatic nitrogens is 3. The number of rotatable bonds is 4. The SMILES string of the molecule is OC(CN1CCC(c2nnc3ccccn23)CC1)c1ccc(Cl)cc1. The minimum Gasteiger partial charge on any atom is -0.387 e. The van der Waals surface area contributed by atoms with E-state index in [-0.39, 0.29) is 0 Å². The summed E-state index contributed by atoms with van der Waals surface area (Å²) in [6, 6.07) is 13.4. The normalized spacial score (nSPS) is 17.8. The fourth-order valence-electron chi connectivity index (χ4n) is 3.55. The lowest BCUT2D eigenvalue weighted by atomic mass is 9.95. The van der Waals surface area contributed by atoms with E-state index in [1.165, 1.54) is 0 Å². The van der Waals surface area contributed by atoms with Gasteiger partial charge in [-0.15, -0.1) is 10.2 Å². The summed E-state index contributed by atoms with van der Waals surface area (Å²) in [6.45, 7) is 2.56. The standard InChI is InChI=1S/C19H21ClN4O/c20-16-6-4-14(5-7-16)17(25)13-23-11-8-15(9-12-23)19-22-21-18-3-1-2-10-24(18)19/h1-7,10,15,17,25H,8-9,11-13H2. The molecule has 1 aromatic carbocycles. The number of aliphatic hydroxyl groups excluding tert-OH is 1. The van der Waals surface area contributed by atoms with E-state index in [4.69, 9.17) is 11.6 Å². The smallest absolute Gasteiger partial charge is 0.160 e. The third-order valence-corrected chi connectivity index (χ3v) is 5.23. The first-order valence-electron chi connectivity index (χ1n) is 8.66. The molecule has 0 aliphatic carbocycles. The average Bonchev–Trinajstić information content (AvgIpc) is 3.07. The number of hydrogen-bond donors (Lipinski definition) is 1. The van der Waals surface area contributed by atoms with Crippen molar-refractivity contribution in [3.63, 3.8) is 0 Å². The molecular formula is C19H21ClN4O. The summed E-state index contributed by atoms with van der Waals surface area (Å²) >= 11 is 5.91. The van der Waals surface area contributed by atoms with Crippen LogP contribution in [0.3, 0.4) is 0 Å². The summed E-state index contributed by atoms with van der Waals surface area (Å²) < 4.78 is 2.09. The number of pyridine rings is 1. The summed E-state index contributed by atoms with van der Waals surface area (Å²) in [5, 5.41) is 19.8. The minimum absolute atomic E-state index is 0.418. The van der Waals surface area contributed by atoms with Crippen LogP contribution in [0, 0.1) is 0 Å². The minimum atomic E-state index is -0.484. The number of halogens is 1. The molecule has 1 saturated heterocycles. The van der Waals surface area contributed by atoms with Crippen molar-refractivity contribution < 1.29 is 5.11 Å². The molecule has 1 unspecified atom stereocenters. The number of benzene rings is 1. The molecule has 3 heterocycles. The Hall–Kier alpha value is -1.95. The average molecular weight is 357 g/mol. The highest BCUT2D eigenvalue weighted by molar-refractivity contribution is 6.30. The van der Waals surface area contributed by atoms with Crippen molar-refractivity contribution in [3.8, 4) is 0 Å². The molecule has 6 heteroatoms. The molecule has 0 bridgehead atoms. The third kappa shape index (κ3) is 3.54. The number of fused-ring (bicyclic) bond motifs is 1. The lowest BCUT2D eigenvalue weighted by Gasteiger charge is -2.32. The number of aliphatic hydroxyl groups is 1.